The fourth-order valence-electron chi connectivity index (χ4n) is 3.86. The Hall–Kier alpha value is -2.04. The lowest BCUT2D eigenvalue weighted by Gasteiger charge is -2.32. The van der Waals surface area contributed by atoms with Crippen LogP contribution in [-0.4, -0.2) is 18.3 Å². The van der Waals surface area contributed by atoms with Crippen LogP contribution in [0.15, 0.2) is 52.9 Å². The number of hydrogen-bond acceptors (Lipinski definition) is 3. The van der Waals surface area contributed by atoms with Crippen LogP contribution in [0.4, 0.5) is 0 Å². The van der Waals surface area contributed by atoms with Gasteiger partial charge in [-0.25, -0.2) is 0 Å². The Kier molecular flexibility index (Phi) is 5.35. The second-order valence-electron chi connectivity index (χ2n) is 9.11. The van der Waals surface area contributed by atoms with E-state index in [0.29, 0.717) is 0 Å². The summed E-state index contributed by atoms with van der Waals surface area (Å²) in [5.74, 6) is 1.13. The van der Waals surface area contributed by atoms with Crippen molar-refractivity contribution < 1.29 is 13.7 Å². The Morgan fingerprint density at radius 2 is 1.52 bits per heavy atom. The predicted octanol–water partition coefficient (Wildman–Crippen LogP) is 5.67. The van der Waals surface area contributed by atoms with Gasteiger partial charge in [-0.15, -0.1) is 0 Å². The van der Waals surface area contributed by atoms with E-state index in [0.717, 1.165) is 36.1 Å². The molecule has 0 N–H and O–H groups in total. The first kappa shape index (κ1) is 20.2. The van der Waals surface area contributed by atoms with Crippen molar-refractivity contribution in [2.75, 3.05) is 0 Å². The average Bonchev–Trinajstić information content (AvgIpc) is 3.14. The fourth-order valence-corrected chi connectivity index (χ4v) is 3.86. The van der Waals surface area contributed by atoms with E-state index >= 15 is 0 Å². The number of fused-ring (bicyclic) bond motifs is 1. The van der Waals surface area contributed by atoms with E-state index in [1.165, 1.54) is 22.9 Å². The molecule has 0 saturated carbocycles. The van der Waals surface area contributed by atoms with Crippen LogP contribution in [0.3, 0.4) is 0 Å². The van der Waals surface area contributed by atoms with Crippen LogP contribution in [-0.2, 0) is 22.2 Å². The minimum absolute atomic E-state index is 0.316. The topological polar surface area (TPSA) is 31.6 Å². The monoisotopic (exact) mass is 390 g/mol. The lowest BCUT2D eigenvalue weighted by Crippen LogP contribution is -2.41. The van der Waals surface area contributed by atoms with Crippen LogP contribution >= 0.6 is 0 Å². The Morgan fingerprint density at radius 1 is 0.862 bits per heavy atom. The molecule has 0 aliphatic carbocycles. The molecule has 0 unspecified atom stereocenters. The average molecular weight is 390 g/mol. The lowest BCUT2D eigenvalue weighted by atomic mass is 9.78. The summed E-state index contributed by atoms with van der Waals surface area (Å²) in [5, 5.41) is 1.23. The van der Waals surface area contributed by atoms with Crippen molar-refractivity contribution in [1.29, 1.82) is 0 Å². The van der Waals surface area contributed by atoms with Gasteiger partial charge >= 0.3 is 7.12 Å². The van der Waals surface area contributed by atoms with E-state index < -0.39 is 0 Å². The van der Waals surface area contributed by atoms with E-state index in [9.17, 15) is 0 Å². The highest BCUT2D eigenvalue weighted by molar-refractivity contribution is 6.62. The van der Waals surface area contributed by atoms with Gasteiger partial charge in [0, 0.05) is 23.8 Å². The van der Waals surface area contributed by atoms with Crippen LogP contribution in [0, 0.1) is 0 Å². The molecule has 2 heterocycles. The maximum absolute atomic E-state index is 6.18. The van der Waals surface area contributed by atoms with E-state index in [2.05, 4.69) is 77.1 Å². The molecule has 1 fully saturated rings. The summed E-state index contributed by atoms with van der Waals surface area (Å²) in [6, 6.07) is 17.0. The zero-order valence-corrected chi connectivity index (χ0v) is 18.2. The number of benzene rings is 2. The highest BCUT2D eigenvalue weighted by Gasteiger charge is 2.51. The first-order chi connectivity index (χ1) is 13.8. The van der Waals surface area contributed by atoms with E-state index in [4.69, 9.17) is 13.7 Å². The highest BCUT2D eigenvalue weighted by atomic mass is 16.7. The second kappa shape index (κ2) is 7.66. The van der Waals surface area contributed by atoms with Crippen molar-refractivity contribution in [3.63, 3.8) is 0 Å². The van der Waals surface area contributed by atoms with Gasteiger partial charge in [-0.2, -0.15) is 0 Å². The molecule has 152 valence electrons. The number of hydrogen-bond donors (Lipinski definition) is 0. The van der Waals surface area contributed by atoms with Gasteiger partial charge in [-0.3, -0.25) is 0 Å². The summed E-state index contributed by atoms with van der Waals surface area (Å²) in [6.45, 7) is 10.6. The third kappa shape index (κ3) is 3.88. The normalized spacial score (nSPS) is 17.9. The SMILES string of the molecule is CCCCc1oc2ccccc2c1Cc1ccc(B2OC(C)(C)C(C)(C)O2)cc1. The quantitative estimate of drug-likeness (QED) is 0.509. The van der Waals surface area contributed by atoms with Crippen LogP contribution in [0.5, 0.6) is 0 Å². The maximum Gasteiger partial charge on any atom is 0.494 e. The van der Waals surface area contributed by atoms with E-state index in [1.807, 2.05) is 6.07 Å². The molecule has 2 aromatic carbocycles. The van der Waals surface area contributed by atoms with Gasteiger partial charge in [-0.05, 0) is 51.2 Å². The van der Waals surface area contributed by atoms with Gasteiger partial charge in [-0.1, -0.05) is 55.8 Å². The molecule has 1 aliphatic rings. The van der Waals surface area contributed by atoms with Crippen molar-refractivity contribution >= 4 is 23.6 Å². The molecule has 0 radical (unpaired) electrons. The van der Waals surface area contributed by atoms with Crippen LogP contribution < -0.4 is 5.46 Å². The Labute approximate surface area is 174 Å². The molecule has 29 heavy (non-hydrogen) atoms. The Morgan fingerprint density at radius 3 is 2.17 bits per heavy atom. The molecule has 1 aliphatic heterocycles. The Bertz CT molecular complexity index is 969. The van der Waals surface area contributed by atoms with Gasteiger partial charge in [0.25, 0.3) is 0 Å². The zero-order chi connectivity index (χ0) is 20.6. The standard InChI is InChI=1S/C25H31BO3/c1-6-7-11-23-21(20-10-8-9-12-22(20)27-23)17-18-13-15-19(16-14-18)26-28-24(2,3)25(4,5)29-26/h8-10,12-16H,6-7,11,17H2,1-5H3. The minimum Gasteiger partial charge on any atom is -0.461 e. The third-order valence-corrected chi connectivity index (χ3v) is 6.43. The first-order valence-corrected chi connectivity index (χ1v) is 10.7. The molecule has 0 atom stereocenters. The molecule has 0 spiro atoms. The van der Waals surface area contributed by atoms with Gasteiger partial charge in [0.2, 0.25) is 0 Å². The van der Waals surface area contributed by atoms with Crippen LogP contribution in [0.25, 0.3) is 11.0 Å². The number of aryl methyl sites for hydroxylation is 1. The predicted molar refractivity (Wildman–Crippen MR) is 120 cm³/mol. The third-order valence-electron chi connectivity index (χ3n) is 6.43. The maximum atomic E-state index is 6.18. The first-order valence-electron chi connectivity index (χ1n) is 10.7. The van der Waals surface area contributed by atoms with Crippen molar-refractivity contribution in [3.05, 3.63) is 65.4 Å². The van der Waals surface area contributed by atoms with Crippen LogP contribution in [0.1, 0.15) is 64.3 Å². The smallest absolute Gasteiger partial charge is 0.461 e. The highest BCUT2D eigenvalue weighted by Crippen LogP contribution is 2.36. The lowest BCUT2D eigenvalue weighted by molar-refractivity contribution is 0.00578. The molecular formula is C25H31BO3. The second-order valence-corrected chi connectivity index (χ2v) is 9.11. The molecule has 0 bridgehead atoms. The van der Waals surface area contributed by atoms with Gasteiger partial charge in [0.05, 0.1) is 11.2 Å². The van der Waals surface area contributed by atoms with Crippen molar-refractivity contribution in [1.82, 2.24) is 0 Å². The molecule has 1 saturated heterocycles. The largest absolute Gasteiger partial charge is 0.494 e. The number of rotatable bonds is 6. The number of furan rings is 1. The van der Waals surface area contributed by atoms with Crippen LogP contribution in [0.2, 0.25) is 0 Å². The summed E-state index contributed by atoms with van der Waals surface area (Å²) in [7, 11) is -0.316. The molecule has 3 nitrogen and oxygen atoms in total. The van der Waals surface area contributed by atoms with Gasteiger partial charge in [0.15, 0.2) is 0 Å². The minimum atomic E-state index is -0.319. The van der Waals surface area contributed by atoms with Crippen molar-refractivity contribution in [2.24, 2.45) is 0 Å². The molecule has 4 heteroatoms. The fraction of sp³-hybridized carbons (Fsp3) is 0.440. The van der Waals surface area contributed by atoms with Crippen molar-refractivity contribution in [2.45, 2.75) is 71.5 Å². The molecule has 3 aromatic rings. The van der Waals surface area contributed by atoms with Crippen molar-refractivity contribution in [3.8, 4) is 0 Å². The number of para-hydroxylation sites is 1. The molecular weight excluding hydrogens is 359 g/mol. The molecule has 0 amide bonds. The number of unbranched alkanes of at least 4 members (excludes halogenated alkanes) is 1. The summed E-state index contributed by atoms with van der Waals surface area (Å²) < 4.78 is 18.5. The molecule has 1 aromatic heterocycles. The van der Waals surface area contributed by atoms with E-state index in [1.54, 1.807) is 0 Å². The Balaban J connectivity index is 1.57. The van der Waals surface area contributed by atoms with Gasteiger partial charge < -0.3 is 13.7 Å². The summed E-state index contributed by atoms with van der Waals surface area (Å²) in [5.41, 5.74) is 4.01. The summed E-state index contributed by atoms with van der Waals surface area (Å²) in [6.07, 6.45) is 4.18. The van der Waals surface area contributed by atoms with Gasteiger partial charge in [0.1, 0.15) is 11.3 Å². The summed E-state index contributed by atoms with van der Waals surface area (Å²) >= 11 is 0. The molecule has 4 rings (SSSR count). The zero-order valence-electron chi connectivity index (χ0n) is 18.2. The summed E-state index contributed by atoms with van der Waals surface area (Å²) in [4.78, 5) is 0. The van der Waals surface area contributed by atoms with E-state index in [-0.39, 0.29) is 18.3 Å².